The molecule has 4 aromatic heterocycles. The summed E-state index contributed by atoms with van der Waals surface area (Å²) in [5.41, 5.74) is 1.87. The van der Waals surface area contributed by atoms with Crippen molar-refractivity contribution in [3.8, 4) is 0 Å². The number of hydrogen-bond acceptors (Lipinski definition) is 15. The number of fused-ring (bicyclic) bond motifs is 2. The molecule has 2 aromatic carbocycles. The lowest BCUT2D eigenvalue weighted by Gasteiger charge is -2.23. The number of carbonyl (C=O) groups is 2. The van der Waals surface area contributed by atoms with E-state index in [-0.39, 0.29) is 35.3 Å². The first-order valence-corrected chi connectivity index (χ1v) is 19.3. The molecule has 21 heteroatoms. The third-order valence-electron chi connectivity index (χ3n) is 10.1. The van der Waals surface area contributed by atoms with Crippen LogP contribution in [0.3, 0.4) is 0 Å². The van der Waals surface area contributed by atoms with E-state index in [0.29, 0.717) is 22.3 Å². The van der Waals surface area contributed by atoms with Crippen molar-refractivity contribution in [2.45, 2.75) is 50.7 Å². The zero-order chi connectivity index (χ0) is 39.8. The summed E-state index contributed by atoms with van der Waals surface area (Å²) in [4.78, 5) is 51.5. The van der Waals surface area contributed by atoms with Gasteiger partial charge in [-0.15, -0.1) is 0 Å². The van der Waals surface area contributed by atoms with Gasteiger partial charge >= 0.3 is 10.3 Å². The average Bonchev–Trinajstić information content (AvgIpc) is 3.99. The predicted molar refractivity (Wildman–Crippen MR) is 200 cm³/mol. The Hall–Kier alpha value is -5.81. The summed E-state index contributed by atoms with van der Waals surface area (Å²) >= 11 is 0. The van der Waals surface area contributed by atoms with Crippen LogP contribution in [0.4, 0.5) is 11.6 Å². The lowest BCUT2D eigenvalue weighted by atomic mass is 10.0. The molecule has 296 valence electrons. The van der Waals surface area contributed by atoms with Crippen molar-refractivity contribution >= 4 is 56.1 Å². The number of aromatic nitrogens is 8. The van der Waals surface area contributed by atoms with Crippen LogP contribution in [0, 0.1) is 11.8 Å². The van der Waals surface area contributed by atoms with Crippen molar-refractivity contribution in [3.63, 3.8) is 0 Å². The minimum atomic E-state index is -4.54. The van der Waals surface area contributed by atoms with Crippen LogP contribution >= 0.6 is 0 Å². The van der Waals surface area contributed by atoms with Gasteiger partial charge in [0.1, 0.15) is 31.1 Å². The topological polar surface area (TPSA) is 260 Å². The van der Waals surface area contributed by atoms with E-state index in [1.54, 1.807) is 79.1 Å². The van der Waals surface area contributed by atoms with Crippen LogP contribution in [0.2, 0.25) is 0 Å². The molecule has 0 spiro atoms. The van der Waals surface area contributed by atoms with Crippen molar-refractivity contribution in [1.29, 1.82) is 0 Å². The Bertz CT molecular complexity index is 2520. The molecule has 0 radical (unpaired) electrons. The Morgan fingerprint density at radius 2 is 1.25 bits per heavy atom. The molecule has 6 aromatic rings. The number of nitrogens with one attached hydrogen (secondary N) is 3. The first-order chi connectivity index (χ1) is 27.5. The number of hydrogen-bond donors (Lipinski definition) is 5. The van der Waals surface area contributed by atoms with Crippen LogP contribution in [0.1, 0.15) is 47.0 Å². The highest BCUT2D eigenvalue weighted by Crippen LogP contribution is 2.39. The fourth-order valence-electron chi connectivity index (χ4n) is 6.96. The largest absolute Gasteiger partial charge is 0.394 e. The van der Waals surface area contributed by atoms with Gasteiger partial charge in [-0.25, -0.2) is 34.1 Å². The van der Waals surface area contributed by atoms with E-state index in [9.17, 15) is 28.2 Å². The molecule has 6 heterocycles. The summed E-state index contributed by atoms with van der Waals surface area (Å²) in [6.07, 6.45) is -0.761. The number of nitrogens with zero attached hydrogens (tertiary/aromatic N) is 8. The van der Waals surface area contributed by atoms with Crippen molar-refractivity contribution in [2.75, 3.05) is 23.8 Å². The molecule has 2 saturated heterocycles. The minimum absolute atomic E-state index is 0.123. The zero-order valence-corrected chi connectivity index (χ0v) is 31.2. The van der Waals surface area contributed by atoms with Gasteiger partial charge in [-0.05, 0) is 24.3 Å². The van der Waals surface area contributed by atoms with Gasteiger partial charge in [0.25, 0.3) is 11.8 Å². The standard InChI is InChI=1S/C36H37N11O9S/c1-19-24(14-48)55-36(47-18-42-26-30(38-16-40-32(26)47)45-34(51)22-11-7-4-8-12-22)28(19)56-57(52,53)43-13-23-27(49)20(2)35(54-23)46-17-41-25-29(37-15-39-31(25)46)44-33(50)21-9-5-3-6-10-21/h3-12,15-20,23-24,27-28,35-36,43,48-49H,13-14H2,1-2H3,(H,37,39,44,50)(H,38,40,45,51)/t19-,20-,23-,24-,27+,28-,35-,36-/m1/s1. The van der Waals surface area contributed by atoms with Crippen LogP contribution in [0.15, 0.2) is 86.0 Å². The van der Waals surface area contributed by atoms with Gasteiger partial charge in [-0.3, -0.25) is 18.7 Å². The smallest absolute Gasteiger partial charge is 0.336 e. The van der Waals surface area contributed by atoms with Crippen molar-refractivity contribution in [3.05, 3.63) is 97.1 Å². The second kappa shape index (κ2) is 15.6. The van der Waals surface area contributed by atoms with E-state index in [1.807, 2.05) is 0 Å². The molecule has 0 unspecified atom stereocenters. The fraction of sp³-hybridized carbons (Fsp3) is 0.333. The summed E-state index contributed by atoms with van der Waals surface area (Å²) in [5, 5.41) is 26.7. The summed E-state index contributed by atoms with van der Waals surface area (Å²) in [6, 6.07) is 17.1. The maximum Gasteiger partial charge on any atom is 0.336 e. The van der Waals surface area contributed by atoms with Gasteiger partial charge in [-0.1, -0.05) is 50.2 Å². The first kappa shape index (κ1) is 38.1. The number of aliphatic hydroxyl groups is 2. The normalized spacial score (nSPS) is 24.9. The molecule has 0 bridgehead atoms. The molecule has 2 aliphatic heterocycles. The van der Waals surface area contributed by atoms with Crippen LogP contribution in [0.25, 0.3) is 22.3 Å². The van der Waals surface area contributed by atoms with E-state index in [4.69, 9.17) is 13.7 Å². The summed E-state index contributed by atoms with van der Waals surface area (Å²) in [5.74, 6) is -1.69. The molecule has 2 fully saturated rings. The van der Waals surface area contributed by atoms with E-state index in [2.05, 4.69) is 45.3 Å². The molecule has 0 aliphatic carbocycles. The van der Waals surface area contributed by atoms with Gasteiger partial charge in [0.15, 0.2) is 40.2 Å². The second-order valence-corrected chi connectivity index (χ2v) is 15.0. The SMILES string of the molecule is C[C@@H]1[C@H](O)[C@@H](CNS(=O)(=O)O[C@@H]2[C@H](C)[C@@H](CO)O[C@H]2n2cnc3c(NC(=O)c4ccccc4)ncnc32)O[C@H]1n1cnc2c(NC(=O)c3ccccc3)ncnc21. The van der Waals surface area contributed by atoms with Crippen LogP contribution < -0.4 is 15.4 Å². The summed E-state index contributed by atoms with van der Waals surface area (Å²) in [7, 11) is -4.54. The third-order valence-corrected chi connectivity index (χ3v) is 11.1. The lowest BCUT2D eigenvalue weighted by molar-refractivity contribution is -0.0445. The number of imidazole rings is 2. The van der Waals surface area contributed by atoms with Crippen molar-refractivity contribution in [1.82, 2.24) is 43.8 Å². The number of aliphatic hydroxyl groups excluding tert-OH is 2. The Morgan fingerprint density at radius 3 is 1.77 bits per heavy atom. The van der Waals surface area contributed by atoms with Gasteiger partial charge in [0.2, 0.25) is 0 Å². The monoisotopic (exact) mass is 799 g/mol. The number of ether oxygens (including phenoxy) is 2. The molecule has 20 nitrogen and oxygen atoms in total. The molecule has 8 rings (SSSR count). The molecule has 8 atom stereocenters. The quantitative estimate of drug-likeness (QED) is 0.118. The molecule has 5 N–H and O–H groups in total. The Labute approximate surface area is 324 Å². The molecular formula is C36H37N11O9S. The van der Waals surface area contributed by atoms with E-state index >= 15 is 0 Å². The van der Waals surface area contributed by atoms with Gasteiger partial charge < -0.3 is 30.3 Å². The average molecular weight is 800 g/mol. The highest BCUT2D eigenvalue weighted by atomic mass is 32.2. The predicted octanol–water partition coefficient (Wildman–Crippen LogP) is 1.81. The summed E-state index contributed by atoms with van der Waals surface area (Å²) < 4.78 is 50.4. The number of rotatable bonds is 12. The molecule has 2 amide bonds. The molecule has 57 heavy (non-hydrogen) atoms. The number of benzene rings is 2. The van der Waals surface area contributed by atoms with Crippen molar-refractivity contribution in [2.24, 2.45) is 11.8 Å². The lowest BCUT2D eigenvalue weighted by Crippen LogP contribution is -2.41. The maximum atomic E-state index is 13.5. The molecular weight excluding hydrogens is 763 g/mol. The second-order valence-electron chi connectivity index (χ2n) is 13.6. The van der Waals surface area contributed by atoms with Gasteiger partial charge in [0, 0.05) is 29.5 Å². The van der Waals surface area contributed by atoms with E-state index in [0.717, 1.165) is 0 Å². The molecule has 2 aliphatic rings. The Balaban J connectivity index is 0.960. The fourth-order valence-corrected chi connectivity index (χ4v) is 7.96. The first-order valence-electron chi connectivity index (χ1n) is 17.9. The summed E-state index contributed by atoms with van der Waals surface area (Å²) in [6.45, 7) is 2.61. The number of anilines is 2. The number of carbonyl (C=O) groups excluding carboxylic acids is 2. The minimum Gasteiger partial charge on any atom is -0.394 e. The van der Waals surface area contributed by atoms with Crippen LogP contribution in [0.5, 0.6) is 0 Å². The Kier molecular flexibility index (Phi) is 10.4. The van der Waals surface area contributed by atoms with Crippen LogP contribution in [-0.4, -0.2) is 107 Å². The van der Waals surface area contributed by atoms with Crippen molar-refractivity contribution < 1.29 is 41.9 Å². The maximum absolute atomic E-state index is 13.5. The molecule has 0 saturated carbocycles. The van der Waals surface area contributed by atoms with Crippen LogP contribution in [-0.2, 0) is 24.0 Å². The number of amides is 2. The Morgan fingerprint density at radius 1 is 0.737 bits per heavy atom. The van der Waals surface area contributed by atoms with E-state index in [1.165, 1.54) is 29.9 Å². The highest BCUT2D eigenvalue weighted by molar-refractivity contribution is 7.84. The highest BCUT2D eigenvalue weighted by Gasteiger charge is 2.47. The zero-order valence-electron chi connectivity index (χ0n) is 30.4. The third kappa shape index (κ3) is 7.44. The van der Waals surface area contributed by atoms with E-state index < -0.39 is 71.5 Å². The van der Waals surface area contributed by atoms with Gasteiger partial charge in [-0.2, -0.15) is 13.1 Å². The van der Waals surface area contributed by atoms with Gasteiger partial charge in [0.05, 0.1) is 31.5 Å².